The first-order valence-electron chi connectivity index (χ1n) is 6.32. The van der Waals surface area contributed by atoms with Crippen molar-refractivity contribution in [3.63, 3.8) is 0 Å². The summed E-state index contributed by atoms with van der Waals surface area (Å²) >= 11 is 0. The molecule has 1 aliphatic heterocycles. The molecule has 0 saturated carbocycles. The highest BCUT2D eigenvalue weighted by atomic mass is 32.2. The first kappa shape index (κ1) is 14.4. The standard InChI is InChI=1S/C13H17F2NO2S/c14-11-2-1-3-12(8-11)19(17,18)9-13(15)10-4-6-16-7-5-10/h1-3,8,10,13,16H,4-7,9H2. The van der Waals surface area contributed by atoms with Crippen molar-refractivity contribution in [3.05, 3.63) is 30.1 Å². The van der Waals surface area contributed by atoms with Crippen LogP contribution in [0.1, 0.15) is 12.8 Å². The highest BCUT2D eigenvalue weighted by molar-refractivity contribution is 7.91. The molecule has 0 spiro atoms. The summed E-state index contributed by atoms with van der Waals surface area (Å²) in [6, 6.07) is 4.72. The molecular formula is C13H17F2NO2S. The Morgan fingerprint density at radius 1 is 1.32 bits per heavy atom. The number of benzene rings is 1. The van der Waals surface area contributed by atoms with Crippen molar-refractivity contribution in [2.24, 2.45) is 5.92 Å². The van der Waals surface area contributed by atoms with Crippen LogP contribution in [0.25, 0.3) is 0 Å². The van der Waals surface area contributed by atoms with Gasteiger partial charge in [-0.1, -0.05) is 6.07 Å². The summed E-state index contributed by atoms with van der Waals surface area (Å²) in [6.45, 7) is 1.43. The third kappa shape index (κ3) is 3.73. The third-order valence-electron chi connectivity index (χ3n) is 3.43. The van der Waals surface area contributed by atoms with E-state index in [1.165, 1.54) is 18.2 Å². The number of hydrogen-bond donors (Lipinski definition) is 1. The van der Waals surface area contributed by atoms with Crippen LogP contribution >= 0.6 is 0 Å². The molecule has 1 saturated heterocycles. The van der Waals surface area contributed by atoms with Gasteiger partial charge in [0.05, 0.1) is 10.6 Å². The van der Waals surface area contributed by atoms with E-state index in [9.17, 15) is 17.2 Å². The minimum atomic E-state index is -3.77. The Morgan fingerprint density at radius 3 is 2.63 bits per heavy atom. The maximum absolute atomic E-state index is 14.1. The Labute approximate surface area is 111 Å². The number of rotatable bonds is 4. The van der Waals surface area contributed by atoms with Crippen LogP contribution in [0.4, 0.5) is 8.78 Å². The van der Waals surface area contributed by atoms with Gasteiger partial charge in [-0.15, -0.1) is 0 Å². The van der Waals surface area contributed by atoms with Crippen molar-refractivity contribution < 1.29 is 17.2 Å². The Kier molecular flexibility index (Phi) is 4.52. The number of nitrogens with one attached hydrogen (secondary N) is 1. The fourth-order valence-electron chi connectivity index (χ4n) is 2.31. The molecule has 1 aromatic carbocycles. The minimum absolute atomic E-state index is 0.149. The number of hydrogen-bond acceptors (Lipinski definition) is 3. The highest BCUT2D eigenvalue weighted by Crippen LogP contribution is 2.23. The van der Waals surface area contributed by atoms with Gasteiger partial charge in [-0.05, 0) is 50.0 Å². The van der Waals surface area contributed by atoms with Crippen molar-refractivity contribution in [2.45, 2.75) is 23.9 Å². The average molecular weight is 289 g/mol. The lowest BCUT2D eigenvalue weighted by molar-refractivity contribution is 0.207. The number of piperidine rings is 1. The molecule has 0 radical (unpaired) electrons. The van der Waals surface area contributed by atoms with Crippen LogP contribution < -0.4 is 5.32 Å². The summed E-state index contributed by atoms with van der Waals surface area (Å²) in [5, 5.41) is 3.11. The van der Waals surface area contributed by atoms with Gasteiger partial charge < -0.3 is 5.32 Å². The molecule has 2 rings (SSSR count). The fraction of sp³-hybridized carbons (Fsp3) is 0.538. The summed E-state index contributed by atoms with van der Waals surface area (Å²) in [5.41, 5.74) is 0. The topological polar surface area (TPSA) is 46.2 Å². The van der Waals surface area contributed by atoms with E-state index in [1.54, 1.807) is 0 Å². The molecule has 1 heterocycles. The van der Waals surface area contributed by atoms with Gasteiger partial charge in [-0.3, -0.25) is 0 Å². The second kappa shape index (κ2) is 5.96. The second-order valence-electron chi connectivity index (χ2n) is 4.84. The molecule has 1 atom stereocenters. The van der Waals surface area contributed by atoms with Gasteiger partial charge in [-0.25, -0.2) is 17.2 Å². The zero-order valence-corrected chi connectivity index (χ0v) is 11.3. The van der Waals surface area contributed by atoms with Crippen LogP contribution in [0.2, 0.25) is 0 Å². The zero-order chi connectivity index (χ0) is 13.9. The normalized spacial score (nSPS) is 19.3. The molecule has 0 aliphatic carbocycles. The summed E-state index contributed by atoms with van der Waals surface area (Å²) in [6.07, 6.45) is -0.116. The van der Waals surface area contributed by atoms with Crippen LogP contribution in [0.3, 0.4) is 0 Å². The van der Waals surface area contributed by atoms with Crippen molar-refractivity contribution >= 4 is 9.84 Å². The first-order chi connectivity index (χ1) is 8.99. The Balaban J connectivity index is 2.08. The van der Waals surface area contributed by atoms with E-state index in [0.29, 0.717) is 25.9 Å². The molecular weight excluding hydrogens is 272 g/mol. The molecule has 1 aromatic rings. The molecule has 106 valence electrons. The van der Waals surface area contributed by atoms with E-state index >= 15 is 0 Å². The van der Waals surface area contributed by atoms with Crippen molar-refractivity contribution in [2.75, 3.05) is 18.8 Å². The van der Waals surface area contributed by atoms with Gasteiger partial charge in [-0.2, -0.15) is 0 Å². The molecule has 1 fully saturated rings. The monoisotopic (exact) mass is 289 g/mol. The minimum Gasteiger partial charge on any atom is -0.317 e. The molecule has 1 aliphatic rings. The smallest absolute Gasteiger partial charge is 0.181 e. The van der Waals surface area contributed by atoms with Crippen LogP contribution in [-0.4, -0.2) is 33.4 Å². The largest absolute Gasteiger partial charge is 0.317 e. The van der Waals surface area contributed by atoms with Crippen LogP contribution in [-0.2, 0) is 9.84 Å². The van der Waals surface area contributed by atoms with E-state index in [2.05, 4.69) is 5.32 Å². The van der Waals surface area contributed by atoms with E-state index in [1.807, 2.05) is 0 Å². The number of sulfone groups is 1. The van der Waals surface area contributed by atoms with E-state index < -0.39 is 27.6 Å². The molecule has 0 aromatic heterocycles. The Morgan fingerprint density at radius 2 is 2.00 bits per heavy atom. The molecule has 1 unspecified atom stereocenters. The van der Waals surface area contributed by atoms with E-state index in [-0.39, 0.29) is 10.8 Å². The van der Waals surface area contributed by atoms with Gasteiger partial charge in [0, 0.05) is 0 Å². The van der Waals surface area contributed by atoms with Crippen molar-refractivity contribution in [1.82, 2.24) is 5.32 Å². The predicted octanol–water partition coefficient (Wildman–Crippen LogP) is 1.94. The summed E-state index contributed by atoms with van der Waals surface area (Å²) < 4.78 is 51.1. The summed E-state index contributed by atoms with van der Waals surface area (Å²) in [7, 11) is -3.77. The average Bonchev–Trinajstić information content (AvgIpc) is 2.39. The van der Waals surface area contributed by atoms with Crippen LogP contribution in [0, 0.1) is 11.7 Å². The lowest BCUT2D eigenvalue weighted by atomic mass is 9.94. The molecule has 0 bridgehead atoms. The van der Waals surface area contributed by atoms with E-state index in [4.69, 9.17) is 0 Å². The quantitative estimate of drug-likeness (QED) is 0.921. The Bertz CT molecular complexity index is 527. The van der Waals surface area contributed by atoms with E-state index in [0.717, 1.165) is 6.07 Å². The first-order valence-corrected chi connectivity index (χ1v) is 7.97. The van der Waals surface area contributed by atoms with Crippen molar-refractivity contribution in [3.8, 4) is 0 Å². The van der Waals surface area contributed by atoms with Crippen LogP contribution in [0.15, 0.2) is 29.2 Å². The van der Waals surface area contributed by atoms with Gasteiger partial charge in [0.15, 0.2) is 9.84 Å². The number of halogens is 2. The fourth-order valence-corrected chi connectivity index (χ4v) is 3.77. The molecule has 6 heteroatoms. The molecule has 0 amide bonds. The number of alkyl halides is 1. The van der Waals surface area contributed by atoms with Crippen LogP contribution in [0.5, 0.6) is 0 Å². The van der Waals surface area contributed by atoms with Gasteiger partial charge in [0.1, 0.15) is 12.0 Å². The maximum Gasteiger partial charge on any atom is 0.181 e. The SMILES string of the molecule is O=S(=O)(CC(F)C1CCNCC1)c1cccc(F)c1. The Hall–Kier alpha value is -1.01. The summed E-state index contributed by atoms with van der Waals surface area (Å²) in [5.74, 6) is -1.43. The zero-order valence-electron chi connectivity index (χ0n) is 10.5. The lowest BCUT2D eigenvalue weighted by Crippen LogP contribution is -2.35. The maximum atomic E-state index is 14.1. The van der Waals surface area contributed by atoms with Gasteiger partial charge >= 0.3 is 0 Å². The van der Waals surface area contributed by atoms with Crippen molar-refractivity contribution in [1.29, 1.82) is 0 Å². The molecule has 3 nitrogen and oxygen atoms in total. The predicted molar refractivity (Wildman–Crippen MR) is 68.9 cm³/mol. The highest BCUT2D eigenvalue weighted by Gasteiger charge is 2.29. The molecule has 1 N–H and O–H groups in total. The van der Waals surface area contributed by atoms with Gasteiger partial charge in [0.25, 0.3) is 0 Å². The van der Waals surface area contributed by atoms with Gasteiger partial charge in [0.2, 0.25) is 0 Å². The summed E-state index contributed by atoms with van der Waals surface area (Å²) in [4.78, 5) is -0.149. The molecule has 19 heavy (non-hydrogen) atoms. The second-order valence-corrected chi connectivity index (χ2v) is 6.88. The lowest BCUT2D eigenvalue weighted by Gasteiger charge is -2.25. The third-order valence-corrected chi connectivity index (χ3v) is 5.16.